The Bertz CT molecular complexity index is 1540. The third-order valence-electron chi connectivity index (χ3n) is 5.50. The van der Waals surface area contributed by atoms with E-state index in [0.717, 1.165) is 30.5 Å². The lowest BCUT2D eigenvalue weighted by atomic mass is 10.0. The highest BCUT2D eigenvalue weighted by atomic mass is 19.3. The number of ether oxygens (including phenoxy) is 1. The predicted octanol–water partition coefficient (Wildman–Crippen LogP) is 8.06. The van der Waals surface area contributed by atoms with E-state index < -0.39 is 52.3 Å². The molecule has 0 amide bonds. The second-order valence-corrected chi connectivity index (χ2v) is 8.38. The molecule has 0 aliphatic rings. The van der Waals surface area contributed by atoms with Crippen LogP contribution in [0.3, 0.4) is 0 Å². The molecular weight excluding hydrogens is 530 g/mol. The van der Waals surface area contributed by atoms with E-state index in [1.807, 2.05) is 6.92 Å². The molecule has 0 saturated carbocycles. The minimum absolute atomic E-state index is 0.0671. The normalized spacial score (nSPS) is 11.2. The molecule has 39 heavy (non-hydrogen) atoms. The zero-order valence-corrected chi connectivity index (χ0v) is 20.1. The molecule has 0 aliphatic carbocycles. The largest absolute Gasteiger partial charge is 0.432 e. The van der Waals surface area contributed by atoms with Crippen LogP contribution in [-0.4, -0.2) is 4.98 Å². The summed E-state index contributed by atoms with van der Waals surface area (Å²) in [6.45, 7) is 1.97. The number of hydrogen-bond donors (Lipinski definition) is 0. The van der Waals surface area contributed by atoms with E-state index in [2.05, 4.69) is 21.6 Å². The van der Waals surface area contributed by atoms with Gasteiger partial charge in [-0.2, -0.15) is 8.78 Å². The molecule has 0 fully saturated rings. The Balaban J connectivity index is 1.56. The van der Waals surface area contributed by atoms with Gasteiger partial charge in [-0.15, -0.1) is 0 Å². The number of nitrogens with zero attached hydrogens (tertiary/aromatic N) is 1. The van der Waals surface area contributed by atoms with E-state index >= 15 is 0 Å². The maximum absolute atomic E-state index is 14.8. The third-order valence-corrected chi connectivity index (χ3v) is 5.50. The molecule has 0 radical (unpaired) electrons. The topological polar surface area (TPSA) is 22.1 Å². The standard InChI is InChI=1S/C29H17F8NO/c1-2-3-16-5-9-26(38-15-16)19-12-22(31)27(23(32)13-19)29(36,37)39-20-8-7-18(21(30)14-20)6-4-17-10-24(33)28(35)25(34)11-17/h5,7-15H,2-3H2,1H3. The summed E-state index contributed by atoms with van der Waals surface area (Å²) in [4.78, 5) is 4.12. The van der Waals surface area contributed by atoms with Crippen LogP contribution in [0.2, 0.25) is 0 Å². The number of alkyl halides is 2. The molecule has 10 heteroatoms. The summed E-state index contributed by atoms with van der Waals surface area (Å²) in [6.07, 6.45) is -1.39. The number of halogens is 8. The number of aromatic nitrogens is 1. The fourth-order valence-corrected chi connectivity index (χ4v) is 3.66. The van der Waals surface area contributed by atoms with Crippen molar-refractivity contribution in [3.8, 4) is 28.8 Å². The van der Waals surface area contributed by atoms with E-state index in [1.165, 1.54) is 12.3 Å². The molecule has 1 heterocycles. The predicted molar refractivity (Wildman–Crippen MR) is 127 cm³/mol. The van der Waals surface area contributed by atoms with Crippen LogP contribution in [0.1, 0.15) is 35.6 Å². The molecule has 4 rings (SSSR count). The molecule has 3 aromatic carbocycles. The molecule has 0 spiro atoms. The van der Waals surface area contributed by atoms with Crippen LogP contribution in [-0.2, 0) is 12.5 Å². The van der Waals surface area contributed by atoms with Crippen LogP contribution in [0.4, 0.5) is 35.1 Å². The summed E-state index contributed by atoms with van der Waals surface area (Å²) in [5.41, 5.74) is -1.36. The van der Waals surface area contributed by atoms with Gasteiger partial charge < -0.3 is 4.74 Å². The van der Waals surface area contributed by atoms with Crippen molar-refractivity contribution in [1.29, 1.82) is 0 Å². The van der Waals surface area contributed by atoms with Gasteiger partial charge in [0, 0.05) is 23.4 Å². The van der Waals surface area contributed by atoms with Crippen molar-refractivity contribution in [2.24, 2.45) is 0 Å². The molecule has 1 aromatic heterocycles. The van der Waals surface area contributed by atoms with Crippen molar-refractivity contribution in [1.82, 2.24) is 4.98 Å². The first-order valence-electron chi connectivity index (χ1n) is 11.5. The first-order valence-corrected chi connectivity index (χ1v) is 11.5. The molecule has 0 unspecified atom stereocenters. The molecule has 200 valence electrons. The Hall–Kier alpha value is -4.39. The molecule has 0 saturated heterocycles. The number of hydrogen-bond acceptors (Lipinski definition) is 2. The Morgan fingerprint density at radius 2 is 1.44 bits per heavy atom. The third kappa shape index (κ3) is 6.20. The molecule has 0 atom stereocenters. The molecule has 2 nitrogen and oxygen atoms in total. The van der Waals surface area contributed by atoms with Gasteiger partial charge in [0.05, 0.1) is 11.3 Å². The van der Waals surface area contributed by atoms with Crippen LogP contribution < -0.4 is 4.74 Å². The first-order chi connectivity index (χ1) is 18.5. The fraction of sp³-hybridized carbons (Fsp3) is 0.138. The van der Waals surface area contributed by atoms with Crippen molar-refractivity contribution in [3.63, 3.8) is 0 Å². The zero-order chi connectivity index (χ0) is 28.3. The van der Waals surface area contributed by atoms with E-state index in [0.29, 0.717) is 30.3 Å². The minimum Gasteiger partial charge on any atom is -0.429 e. The van der Waals surface area contributed by atoms with Crippen molar-refractivity contribution in [2.45, 2.75) is 25.9 Å². The molecule has 0 bridgehead atoms. The van der Waals surface area contributed by atoms with E-state index in [1.54, 1.807) is 6.07 Å². The van der Waals surface area contributed by atoms with Crippen molar-refractivity contribution < 1.29 is 39.9 Å². The second kappa shape index (κ2) is 11.2. The molecule has 4 aromatic rings. The summed E-state index contributed by atoms with van der Waals surface area (Å²) in [5, 5.41) is 0. The van der Waals surface area contributed by atoms with Gasteiger partial charge in [-0.25, -0.2) is 26.3 Å². The Morgan fingerprint density at radius 1 is 0.769 bits per heavy atom. The highest BCUT2D eigenvalue weighted by molar-refractivity contribution is 5.60. The van der Waals surface area contributed by atoms with Crippen LogP contribution in [0.15, 0.2) is 60.8 Å². The van der Waals surface area contributed by atoms with Gasteiger partial charge in [0.25, 0.3) is 0 Å². The maximum atomic E-state index is 14.8. The summed E-state index contributed by atoms with van der Waals surface area (Å²) >= 11 is 0. The average Bonchev–Trinajstić information content (AvgIpc) is 2.86. The lowest BCUT2D eigenvalue weighted by Gasteiger charge is -2.20. The molecule has 0 N–H and O–H groups in total. The maximum Gasteiger partial charge on any atom is 0.432 e. The number of aryl methyl sites for hydroxylation is 1. The second-order valence-electron chi connectivity index (χ2n) is 8.38. The van der Waals surface area contributed by atoms with E-state index in [-0.39, 0.29) is 22.4 Å². The van der Waals surface area contributed by atoms with E-state index in [4.69, 9.17) is 0 Å². The Labute approximate surface area is 217 Å². The highest BCUT2D eigenvalue weighted by Crippen LogP contribution is 2.37. The van der Waals surface area contributed by atoms with Crippen LogP contribution in [0, 0.1) is 46.7 Å². The SMILES string of the molecule is CCCc1ccc(-c2cc(F)c(C(F)(F)Oc3ccc(C#Cc4cc(F)c(F)c(F)c4)c(F)c3)c(F)c2)nc1. The number of benzene rings is 3. The zero-order valence-electron chi connectivity index (χ0n) is 20.1. The molecular formula is C29H17F8NO. The monoisotopic (exact) mass is 547 g/mol. The summed E-state index contributed by atoms with van der Waals surface area (Å²) in [5.74, 6) is -5.41. The Morgan fingerprint density at radius 3 is 2.00 bits per heavy atom. The summed E-state index contributed by atoms with van der Waals surface area (Å²) in [6, 6.07) is 8.06. The van der Waals surface area contributed by atoms with Crippen molar-refractivity contribution in [2.75, 3.05) is 0 Å². The van der Waals surface area contributed by atoms with E-state index in [9.17, 15) is 35.1 Å². The molecule has 0 aliphatic heterocycles. The minimum atomic E-state index is -4.53. The van der Waals surface area contributed by atoms with Gasteiger partial charge >= 0.3 is 6.11 Å². The lowest BCUT2D eigenvalue weighted by molar-refractivity contribution is -0.189. The van der Waals surface area contributed by atoms with Gasteiger partial charge in [-0.1, -0.05) is 31.3 Å². The summed E-state index contributed by atoms with van der Waals surface area (Å²) < 4.78 is 117. The number of rotatable bonds is 6. The smallest absolute Gasteiger partial charge is 0.429 e. The quantitative estimate of drug-likeness (QED) is 0.138. The average molecular weight is 547 g/mol. The van der Waals surface area contributed by atoms with Crippen LogP contribution in [0.5, 0.6) is 5.75 Å². The van der Waals surface area contributed by atoms with Crippen LogP contribution in [0.25, 0.3) is 11.3 Å². The first kappa shape index (κ1) is 27.6. The summed E-state index contributed by atoms with van der Waals surface area (Å²) in [7, 11) is 0. The van der Waals surface area contributed by atoms with Gasteiger partial charge in [-0.3, -0.25) is 4.98 Å². The fourth-order valence-electron chi connectivity index (χ4n) is 3.66. The number of pyridine rings is 1. The lowest BCUT2D eigenvalue weighted by Crippen LogP contribution is -2.25. The van der Waals surface area contributed by atoms with Gasteiger partial charge in [0.1, 0.15) is 28.8 Å². The van der Waals surface area contributed by atoms with Crippen molar-refractivity contribution in [3.05, 3.63) is 118 Å². The highest BCUT2D eigenvalue weighted by Gasteiger charge is 2.41. The van der Waals surface area contributed by atoms with Gasteiger partial charge in [0.2, 0.25) is 0 Å². The van der Waals surface area contributed by atoms with Gasteiger partial charge in [0.15, 0.2) is 17.5 Å². The van der Waals surface area contributed by atoms with Crippen molar-refractivity contribution >= 4 is 0 Å². The van der Waals surface area contributed by atoms with Crippen LogP contribution >= 0.6 is 0 Å². The van der Waals surface area contributed by atoms with Gasteiger partial charge in [-0.05, 0) is 54.4 Å². The Kier molecular flexibility index (Phi) is 7.90.